The Labute approximate surface area is 95.5 Å². The topological polar surface area (TPSA) is 23.5 Å². The highest BCUT2D eigenvalue weighted by atomic mass is 35.5. The van der Waals surface area contributed by atoms with Crippen molar-refractivity contribution in [2.75, 3.05) is 18.1 Å². The maximum absolute atomic E-state index is 9.28. The van der Waals surface area contributed by atoms with Gasteiger partial charge in [-0.3, -0.25) is 0 Å². The molecule has 0 aromatic heterocycles. The number of hydrogen-bond acceptors (Lipinski definition) is 2. The molecule has 1 fully saturated rings. The summed E-state index contributed by atoms with van der Waals surface area (Å²) in [6.45, 7) is 3.28. The van der Waals surface area contributed by atoms with Gasteiger partial charge in [0.2, 0.25) is 0 Å². The third-order valence-corrected chi connectivity index (χ3v) is 3.55. The van der Waals surface area contributed by atoms with Gasteiger partial charge < -0.3 is 10.0 Å². The molecule has 0 saturated carbocycles. The van der Waals surface area contributed by atoms with Crippen LogP contribution in [-0.4, -0.2) is 24.3 Å². The molecule has 0 amide bonds. The highest BCUT2D eigenvalue weighted by Crippen LogP contribution is 2.31. The summed E-state index contributed by atoms with van der Waals surface area (Å²) in [6.07, 6.45) is 2.22. The van der Waals surface area contributed by atoms with Crippen molar-refractivity contribution in [2.24, 2.45) is 0 Å². The highest BCUT2D eigenvalue weighted by molar-refractivity contribution is 6.31. The van der Waals surface area contributed by atoms with Crippen LogP contribution in [0.25, 0.3) is 0 Å². The van der Waals surface area contributed by atoms with Crippen LogP contribution in [0, 0.1) is 6.92 Å². The average Bonchev–Trinajstić information content (AvgIpc) is 2.70. The van der Waals surface area contributed by atoms with Crippen LogP contribution in [-0.2, 0) is 0 Å². The molecule has 2 rings (SSSR count). The fourth-order valence-corrected chi connectivity index (χ4v) is 2.42. The molecule has 1 aliphatic heterocycles. The Balaban J connectivity index is 2.32. The van der Waals surface area contributed by atoms with Crippen molar-refractivity contribution in [2.45, 2.75) is 25.8 Å². The van der Waals surface area contributed by atoms with Gasteiger partial charge in [0, 0.05) is 17.3 Å². The van der Waals surface area contributed by atoms with Gasteiger partial charge in [-0.2, -0.15) is 0 Å². The first-order chi connectivity index (χ1) is 7.24. The van der Waals surface area contributed by atoms with Crippen molar-refractivity contribution in [3.8, 4) is 0 Å². The number of aliphatic hydroxyl groups is 1. The quantitative estimate of drug-likeness (QED) is 0.837. The lowest BCUT2D eigenvalue weighted by molar-refractivity contribution is 0.266. The standard InChI is InChI=1S/C12H16ClNO/c1-9-11(13)5-2-6-12(9)14-7-3-4-10(14)8-15/h2,5-6,10,15H,3-4,7-8H2,1H3. The van der Waals surface area contributed by atoms with Crippen LogP contribution in [0.3, 0.4) is 0 Å². The molecule has 82 valence electrons. The number of aliphatic hydroxyl groups excluding tert-OH is 1. The lowest BCUT2D eigenvalue weighted by Crippen LogP contribution is -2.32. The molecule has 1 aliphatic rings. The summed E-state index contributed by atoms with van der Waals surface area (Å²) in [5.74, 6) is 0. The van der Waals surface area contributed by atoms with Gasteiger partial charge in [-0.15, -0.1) is 0 Å². The van der Waals surface area contributed by atoms with Crippen LogP contribution in [0.4, 0.5) is 5.69 Å². The van der Waals surface area contributed by atoms with Crippen molar-refractivity contribution in [3.05, 3.63) is 28.8 Å². The number of rotatable bonds is 2. The van der Waals surface area contributed by atoms with Gasteiger partial charge in [0.05, 0.1) is 12.6 Å². The van der Waals surface area contributed by atoms with E-state index in [-0.39, 0.29) is 12.6 Å². The SMILES string of the molecule is Cc1c(Cl)cccc1N1CCCC1CO. The van der Waals surface area contributed by atoms with E-state index in [1.165, 1.54) is 5.69 Å². The Morgan fingerprint density at radius 2 is 2.33 bits per heavy atom. The second-order valence-corrected chi connectivity index (χ2v) is 4.46. The molecule has 0 spiro atoms. The van der Waals surface area contributed by atoms with Crippen LogP contribution in [0.5, 0.6) is 0 Å². The summed E-state index contributed by atoms with van der Waals surface area (Å²) in [5, 5.41) is 10.1. The van der Waals surface area contributed by atoms with Crippen molar-refractivity contribution < 1.29 is 5.11 Å². The maximum Gasteiger partial charge on any atom is 0.0635 e. The van der Waals surface area contributed by atoms with Gasteiger partial charge in [0.25, 0.3) is 0 Å². The molecule has 3 heteroatoms. The predicted octanol–water partition coefficient (Wildman–Crippen LogP) is 2.61. The average molecular weight is 226 g/mol. The van der Waals surface area contributed by atoms with Gasteiger partial charge in [-0.1, -0.05) is 17.7 Å². The highest BCUT2D eigenvalue weighted by Gasteiger charge is 2.25. The molecular weight excluding hydrogens is 210 g/mol. The first-order valence-electron chi connectivity index (χ1n) is 5.36. The van der Waals surface area contributed by atoms with E-state index in [1.54, 1.807) is 0 Å². The lowest BCUT2D eigenvalue weighted by Gasteiger charge is -2.27. The van der Waals surface area contributed by atoms with Gasteiger partial charge in [0.15, 0.2) is 0 Å². The predicted molar refractivity (Wildman–Crippen MR) is 63.6 cm³/mol. The summed E-state index contributed by atoms with van der Waals surface area (Å²) in [5.41, 5.74) is 2.28. The minimum atomic E-state index is 0.228. The molecule has 1 unspecified atom stereocenters. The Bertz CT molecular complexity index is 353. The molecule has 1 heterocycles. The van der Waals surface area contributed by atoms with Gasteiger partial charge in [0.1, 0.15) is 0 Å². The number of nitrogens with zero attached hydrogens (tertiary/aromatic N) is 1. The Hall–Kier alpha value is -0.730. The Morgan fingerprint density at radius 1 is 1.53 bits per heavy atom. The second kappa shape index (κ2) is 4.42. The number of hydrogen-bond donors (Lipinski definition) is 1. The summed E-state index contributed by atoms with van der Waals surface area (Å²) < 4.78 is 0. The number of anilines is 1. The molecule has 1 aromatic rings. The van der Waals surface area contributed by atoms with Gasteiger partial charge >= 0.3 is 0 Å². The Kier molecular flexibility index (Phi) is 3.17. The minimum absolute atomic E-state index is 0.228. The molecular formula is C12H16ClNO. The van der Waals surface area contributed by atoms with E-state index in [0.717, 1.165) is 30.0 Å². The van der Waals surface area contributed by atoms with E-state index in [1.807, 2.05) is 19.1 Å². The van der Waals surface area contributed by atoms with E-state index in [2.05, 4.69) is 11.0 Å². The van der Waals surface area contributed by atoms with Crippen LogP contribution in [0.2, 0.25) is 5.02 Å². The molecule has 1 saturated heterocycles. The molecule has 15 heavy (non-hydrogen) atoms. The van der Waals surface area contributed by atoms with E-state index < -0.39 is 0 Å². The molecule has 0 radical (unpaired) electrons. The summed E-state index contributed by atoms with van der Waals surface area (Å²) in [7, 11) is 0. The van der Waals surface area contributed by atoms with Crippen LogP contribution < -0.4 is 4.90 Å². The largest absolute Gasteiger partial charge is 0.394 e. The second-order valence-electron chi connectivity index (χ2n) is 4.06. The van der Waals surface area contributed by atoms with E-state index in [0.29, 0.717) is 0 Å². The van der Waals surface area contributed by atoms with Crippen LogP contribution in [0.15, 0.2) is 18.2 Å². The van der Waals surface area contributed by atoms with Gasteiger partial charge in [-0.25, -0.2) is 0 Å². The smallest absolute Gasteiger partial charge is 0.0635 e. The summed E-state index contributed by atoms with van der Waals surface area (Å²) >= 11 is 6.09. The van der Waals surface area contributed by atoms with E-state index in [4.69, 9.17) is 11.6 Å². The van der Waals surface area contributed by atoms with Crippen LogP contribution >= 0.6 is 11.6 Å². The lowest BCUT2D eigenvalue weighted by atomic mass is 10.1. The monoisotopic (exact) mass is 225 g/mol. The molecule has 1 aromatic carbocycles. The summed E-state index contributed by atoms with van der Waals surface area (Å²) in [6, 6.07) is 6.22. The van der Waals surface area contributed by atoms with E-state index >= 15 is 0 Å². The van der Waals surface area contributed by atoms with Crippen molar-refractivity contribution in [3.63, 3.8) is 0 Å². The normalized spacial score (nSPS) is 21.0. The fraction of sp³-hybridized carbons (Fsp3) is 0.500. The maximum atomic E-state index is 9.28. The fourth-order valence-electron chi connectivity index (χ4n) is 2.25. The van der Waals surface area contributed by atoms with Crippen molar-refractivity contribution >= 4 is 17.3 Å². The zero-order valence-electron chi connectivity index (χ0n) is 8.91. The zero-order chi connectivity index (χ0) is 10.8. The Morgan fingerprint density at radius 3 is 3.07 bits per heavy atom. The van der Waals surface area contributed by atoms with Gasteiger partial charge in [-0.05, 0) is 37.5 Å². The molecule has 2 nitrogen and oxygen atoms in total. The van der Waals surface area contributed by atoms with Crippen molar-refractivity contribution in [1.29, 1.82) is 0 Å². The summed E-state index contributed by atoms with van der Waals surface area (Å²) in [4.78, 5) is 2.27. The first kappa shape index (κ1) is 10.8. The van der Waals surface area contributed by atoms with Crippen molar-refractivity contribution in [1.82, 2.24) is 0 Å². The minimum Gasteiger partial charge on any atom is -0.394 e. The molecule has 0 bridgehead atoms. The molecule has 1 N–H and O–H groups in total. The zero-order valence-corrected chi connectivity index (χ0v) is 9.67. The third kappa shape index (κ3) is 1.97. The molecule has 1 atom stereocenters. The number of benzene rings is 1. The first-order valence-corrected chi connectivity index (χ1v) is 5.74. The third-order valence-electron chi connectivity index (χ3n) is 3.14. The van der Waals surface area contributed by atoms with Crippen LogP contribution in [0.1, 0.15) is 18.4 Å². The van der Waals surface area contributed by atoms with E-state index in [9.17, 15) is 5.11 Å². The molecule has 0 aliphatic carbocycles. The number of halogens is 1.